The molecule has 0 aromatic heterocycles. The lowest BCUT2D eigenvalue weighted by Crippen LogP contribution is -2.63. The number of hydrogen-bond donors (Lipinski definition) is 5. The number of likely N-dealkylation sites (N-methyl/N-ethyl adjacent to an activating group) is 1. The van der Waals surface area contributed by atoms with Crippen LogP contribution < -0.4 is 26.0 Å². The first-order chi connectivity index (χ1) is 19.2. The highest BCUT2D eigenvalue weighted by atomic mass is 35.5. The molecule has 2 unspecified atom stereocenters. The van der Waals surface area contributed by atoms with E-state index in [-0.39, 0.29) is 40.4 Å². The van der Waals surface area contributed by atoms with Crippen LogP contribution in [0.1, 0.15) is 32.3 Å². The monoisotopic (exact) mass is 617 g/mol. The third-order valence-electron chi connectivity index (χ3n) is 6.38. The molecule has 0 spiro atoms. The number of halogens is 6. The fraction of sp³-hybridized carbons (Fsp3) is 0.423. The first-order valence-electron chi connectivity index (χ1n) is 12.6. The largest absolute Gasteiger partial charge is 0.573 e. The van der Waals surface area contributed by atoms with E-state index in [2.05, 4.69) is 26.0 Å². The van der Waals surface area contributed by atoms with Crippen LogP contribution in [0.2, 0.25) is 10.0 Å². The molecule has 1 fully saturated rings. The van der Waals surface area contributed by atoms with Crippen LogP contribution in [0.3, 0.4) is 0 Å². The van der Waals surface area contributed by atoms with Crippen molar-refractivity contribution in [2.45, 2.75) is 50.9 Å². The van der Waals surface area contributed by atoms with Gasteiger partial charge in [-0.2, -0.15) is 5.26 Å². The smallest absolute Gasteiger partial charge is 0.406 e. The normalized spacial score (nSPS) is 17.2. The van der Waals surface area contributed by atoms with Gasteiger partial charge in [0, 0.05) is 30.9 Å². The van der Waals surface area contributed by atoms with Gasteiger partial charge in [0.05, 0.1) is 27.8 Å². The van der Waals surface area contributed by atoms with Crippen LogP contribution in [0, 0.1) is 22.7 Å². The molecule has 1 aliphatic rings. The number of benzene rings is 2. The minimum atomic E-state index is -5.04. The molecule has 1 amide bonds. The SMILES string of the molecule is CCN(C(=O)[C@H]1CCCN1)C(CNC(C)(NC#N)Nc1cc(F)cc(OC(F)(F)F)c1)C(=N)c1ccc(Cl)c(Cl)c1. The maximum Gasteiger partial charge on any atom is 0.573 e. The quantitative estimate of drug-likeness (QED) is 0.0760. The Morgan fingerprint density at radius 1 is 1.27 bits per heavy atom. The summed E-state index contributed by atoms with van der Waals surface area (Å²) in [7, 11) is 0. The number of rotatable bonds is 12. The molecule has 41 heavy (non-hydrogen) atoms. The van der Waals surface area contributed by atoms with Gasteiger partial charge in [0.1, 0.15) is 11.6 Å². The number of carbonyl (C=O) groups is 1. The summed E-state index contributed by atoms with van der Waals surface area (Å²) < 4.78 is 56.1. The molecule has 0 saturated carbocycles. The fourth-order valence-corrected chi connectivity index (χ4v) is 4.80. The Labute approximate surface area is 244 Å². The minimum absolute atomic E-state index is 0.0233. The van der Waals surface area contributed by atoms with Crippen molar-refractivity contribution in [3.05, 3.63) is 57.8 Å². The van der Waals surface area contributed by atoms with E-state index in [4.69, 9.17) is 28.6 Å². The van der Waals surface area contributed by atoms with Crippen LogP contribution in [0.15, 0.2) is 36.4 Å². The highest BCUT2D eigenvalue weighted by Gasteiger charge is 2.35. The maximum absolute atomic E-state index is 14.1. The number of alkyl halides is 3. The molecule has 222 valence electrons. The summed E-state index contributed by atoms with van der Waals surface area (Å²) in [6.07, 6.45) is -1.84. The van der Waals surface area contributed by atoms with Gasteiger partial charge in [0.15, 0.2) is 12.0 Å². The number of ether oxygens (including phenoxy) is 1. The summed E-state index contributed by atoms with van der Waals surface area (Å²) >= 11 is 12.2. The van der Waals surface area contributed by atoms with Crippen LogP contribution >= 0.6 is 23.2 Å². The lowest BCUT2D eigenvalue weighted by Gasteiger charge is -2.38. The minimum Gasteiger partial charge on any atom is -0.406 e. The third-order valence-corrected chi connectivity index (χ3v) is 7.12. The van der Waals surface area contributed by atoms with Crippen LogP contribution in [-0.2, 0) is 4.79 Å². The second kappa shape index (κ2) is 13.6. The van der Waals surface area contributed by atoms with Gasteiger partial charge in [-0.3, -0.25) is 15.4 Å². The Balaban J connectivity index is 1.92. The molecule has 1 aliphatic heterocycles. The van der Waals surface area contributed by atoms with Gasteiger partial charge in [-0.05, 0) is 57.0 Å². The lowest BCUT2D eigenvalue weighted by molar-refractivity contribution is -0.274. The Hall–Kier alpha value is -3.31. The molecule has 15 heteroatoms. The van der Waals surface area contributed by atoms with Gasteiger partial charge in [-0.25, -0.2) is 4.39 Å². The number of hydrogen-bond acceptors (Lipinski definition) is 8. The second-order valence-electron chi connectivity index (χ2n) is 9.42. The number of amides is 1. The zero-order valence-corrected chi connectivity index (χ0v) is 23.6. The molecular weight excluding hydrogens is 589 g/mol. The second-order valence-corrected chi connectivity index (χ2v) is 10.2. The van der Waals surface area contributed by atoms with E-state index < -0.39 is 35.8 Å². The van der Waals surface area contributed by atoms with Crippen LogP contribution in [0.25, 0.3) is 0 Å². The summed E-state index contributed by atoms with van der Waals surface area (Å²) in [5.74, 6) is -3.60. The summed E-state index contributed by atoms with van der Waals surface area (Å²) in [6, 6.07) is 5.72. The number of anilines is 1. The highest BCUT2D eigenvalue weighted by Crippen LogP contribution is 2.28. The van der Waals surface area contributed by atoms with Gasteiger partial charge in [0.2, 0.25) is 5.91 Å². The highest BCUT2D eigenvalue weighted by molar-refractivity contribution is 6.42. The first-order valence-corrected chi connectivity index (χ1v) is 13.3. The van der Waals surface area contributed by atoms with Crippen molar-refractivity contribution in [2.24, 2.45) is 0 Å². The van der Waals surface area contributed by atoms with Crippen molar-refractivity contribution < 1.29 is 27.1 Å². The van der Waals surface area contributed by atoms with Crippen molar-refractivity contribution in [3.8, 4) is 11.9 Å². The molecule has 2 aromatic carbocycles. The van der Waals surface area contributed by atoms with Gasteiger partial charge in [-0.15, -0.1) is 13.2 Å². The predicted molar refractivity (Wildman–Crippen MR) is 147 cm³/mol. The molecule has 9 nitrogen and oxygen atoms in total. The van der Waals surface area contributed by atoms with Crippen LogP contribution in [-0.4, -0.2) is 60.4 Å². The molecule has 3 rings (SSSR count). The van der Waals surface area contributed by atoms with E-state index in [1.54, 1.807) is 19.2 Å². The Morgan fingerprint density at radius 2 is 2.00 bits per heavy atom. The van der Waals surface area contributed by atoms with E-state index in [1.807, 2.05) is 0 Å². The summed E-state index contributed by atoms with van der Waals surface area (Å²) in [6.45, 7) is 4.03. The molecule has 5 N–H and O–H groups in total. The summed E-state index contributed by atoms with van der Waals surface area (Å²) in [5.41, 5.74) is 0.283. The molecular formula is C26H29Cl2F4N7O2. The first kappa shape index (κ1) is 32.2. The Bertz CT molecular complexity index is 1300. The molecule has 1 heterocycles. The van der Waals surface area contributed by atoms with Crippen molar-refractivity contribution in [1.82, 2.24) is 20.9 Å². The van der Waals surface area contributed by atoms with Crippen LogP contribution in [0.4, 0.5) is 23.2 Å². The van der Waals surface area contributed by atoms with Gasteiger partial charge >= 0.3 is 6.36 Å². The predicted octanol–water partition coefficient (Wildman–Crippen LogP) is 4.81. The van der Waals surface area contributed by atoms with Gasteiger partial charge < -0.3 is 25.7 Å². The number of nitrogens with zero attached hydrogens (tertiary/aromatic N) is 2. The van der Waals surface area contributed by atoms with Gasteiger partial charge in [-0.1, -0.05) is 29.3 Å². The topological polar surface area (TPSA) is 125 Å². The molecule has 1 saturated heterocycles. The molecule has 0 radical (unpaired) electrons. The fourth-order valence-electron chi connectivity index (χ4n) is 4.50. The Kier molecular flexibility index (Phi) is 10.7. The zero-order chi connectivity index (χ0) is 30.4. The average molecular weight is 618 g/mol. The van der Waals surface area contributed by atoms with Gasteiger partial charge in [0.25, 0.3) is 0 Å². The van der Waals surface area contributed by atoms with E-state index >= 15 is 0 Å². The van der Waals surface area contributed by atoms with E-state index in [0.717, 1.165) is 18.6 Å². The standard InChI is InChI=1S/C26H29Cl2F4N7O2/c1-3-39(24(40)21-5-4-8-35-21)22(23(34)15-6-7-19(27)20(28)9-15)13-36-25(2,37-14-33)38-17-10-16(29)11-18(12-17)41-26(30,31)32/h6-7,9-12,21-22,34-38H,3-5,8,13H2,1-2H3/t21-,22?,25?/m1/s1. The van der Waals surface area contributed by atoms with Crippen molar-refractivity contribution >= 4 is 40.5 Å². The zero-order valence-electron chi connectivity index (χ0n) is 22.1. The third kappa shape index (κ3) is 8.84. The van der Waals surface area contributed by atoms with Crippen LogP contribution in [0.5, 0.6) is 5.75 Å². The lowest BCUT2D eigenvalue weighted by atomic mass is 10.00. The van der Waals surface area contributed by atoms with Crippen molar-refractivity contribution in [1.29, 1.82) is 10.7 Å². The van der Waals surface area contributed by atoms with E-state index in [9.17, 15) is 27.6 Å². The summed E-state index contributed by atoms with van der Waals surface area (Å²) in [5, 5.41) is 30.3. The molecule has 3 atom stereocenters. The number of nitrogens with one attached hydrogen (secondary N) is 5. The maximum atomic E-state index is 14.1. The van der Waals surface area contributed by atoms with E-state index in [1.165, 1.54) is 24.0 Å². The molecule has 0 bridgehead atoms. The Morgan fingerprint density at radius 3 is 2.59 bits per heavy atom. The number of nitriles is 1. The van der Waals surface area contributed by atoms with E-state index in [0.29, 0.717) is 24.6 Å². The summed E-state index contributed by atoms with van der Waals surface area (Å²) in [4.78, 5) is 15.0. The van der Waals surface area contributed by atoms with Crippen molar-refractivity contribution in [3.63, 3.8) is 0 Å². The van der Waals surface area contributed by atoms with Crippen molar-refractivity contribution in [2.75, 3.05) is 25.0 Å². The molecule has 2 aromatic rings. The molecule has 0 aliphatic carbocycles. The number of carbonyl (C=O) groups excluding carboxylic acids is 1. The average Bonchev–Trinajstić information content (AvgIpc) is 3.41.